The number of rotatable bonds is 1. The molecular formula is C10H8F6S. The Labute approximate surface area is 99.0 Å². The van der Waals surface area contributed by atoms with Crippen molar-refractivity contribution >= 4 is 12.6 Å². The quantitative estimate of drug-likeness (QED) is 0.562. The summed E-state index contributed by atoms with van der Waals surface area (Å²) in [5.74, 6) is 0. The molecule has 0 amide bonds. The van der Waals surface area contributed by atoms with E-state index in [1.165, 1.54) is 6.92 Å². The fourth-order valence-corrected chi connectivity index (χ4v) is 1.94. The van der Waals surface area contributed by atoms with Crippen molar-refractivity contribution in [1.82, 2.24) is 0 Å². The van der Waals surface area contributed by atoms with Crippen LogP contribution in [-0.4, -0.2) is 0 Å². The van der Waals surface area contributed by atoms with Crippen molar-refractivity contribution in [2.45, 2.75) is 30.6 Å². The molecule has 0 saturated heterocycles. The lowest BCUT2D eigenvalue weighted by atomic mass is 10.0. The van der Waals surface area contributed by atoms with Gasteiger partial charge in [0, 0.05) is 4.90 Å². The average molecular weight is 274 g/mol. The van der Waals surface area contributed by atoms with E-state index in [4.69, 9.17) is 0 Å². The van der Waals surface area contributed by atoms with Crippen molar-refractivity contribution in [3.8, 4) is 0 Å². The fraction of sp³-hybridized carbons (Fsp3) is 0.400. The van der Waals surface area contributed by atoms with Crippen LogP contribution in [-0.2, 0) is 18.8 Å². The zero-order chi connectivity index (χ0) is 13.4. The number of alkyl halides is 6. The van der Waals surface area contributed by atoms with Crippen LogP contribution in [0.1, 0.15) is 23.6 Å². The van der Waals surface area contributed by atoms with Gasteiger partial charge in [-0.05, 0) is 18.1 Å². The SMILES string of the molecule is CCc1ccc(C(F)(F)F)c(S)c1C(F)(F)F. The highest BCUT2D eigenvalue weighted by Gasteiger charge is 2.41. The second-order valence-corrected chi connectivity index (χ2v) is 3.79. The molecule has 0 spiro atoms. The summed E-state index contributed by atoms with van der Waals surface area (Å²) in [5, 5.41) is 0. The Bertz CT molecular complexity index is 418. The van der Waals surface area contributed by atoms with Gasteiger partial charge < -0.3 is 0 Å². The van der Waals surface area contributed by atoms with E-state index in [0.29, 0.717) is 6.07 Å². The highest BCUT2D eigenvalue weighted by atomic mass is 32.1. The summed E-state index contributed by atoms with van der Waals surface area (Å²) < 4.78 is 75.3. The zero-order valence-corrected chi connectivity index (χ0v) is 9.47. The van der Waals surface area contributed by atoms with Gasteiger partial charge in [-0.3, -0.25) is 0 Å². The summed E-state index contributed by atoms with van der Waals surface area (Å²) in [6.07, 6.45) is -9.70. The van der Waals surface area contributed by atoms with E-state index in [-0.39, 0.29) is 12.0 Å². The minimum Gasteiger partial charge on any atom is -0.166 e. The van der Waals surface area contributed by atoms with Crippen LogP contribution in [0.25, 0.3) is 0 Å². The number of hydrogen-bond acceptors (Lipinski definition) is 1. The molecule has 7 heteroatoms. The van der Waals surface area contributed by atoms with Crippen LogP contribution in [0.15, 0.2) is 17.0 Å². The molecule has 1 rings (SSSR count). The summed E-state index contributed by atoms with van der Waals surface area (Å²) in [5.41, 5.74) is -2.88. The van der Waals surface area contributed by atoms with Gasteiger partial charge in [0.05, 0.1) is 11.1 Å². The van der Waals surface area contributed by atoms with Gasteiger partial charge in [-0.25, -0.2) is 0 Å². The van der Waals surface area contributed by atoms with Crippen LogP contribution in [0.2, 0.25) is 0 Å². The van der Waals surface area contributed by atoms with Gasteiger partial charge >= 0.3 is 12.4 Å². The van der Waals surface area contributed by atoms with Gasteiger partial charge in [0.25, 0.3) is 0 Å². The minimum atomic E-state index is -4.84. The van der Waals surface area contributed by atoms with Crippen molar-refractivity contribution in [1.29, 1.82) is 0 Å². The summed E-state index contributed by atoms with van der Waals surface area (Å²) in [6.45, 7) is 1.44. The number of hydrogen-bond donors (Lipinski definition) is 1. The van der Waals surface area contributed by atoms with Crippen LogP contribution < -0.4 is 0 Å². The second-order valence-electron chi connectivity index (χ2n) is 3.34. The predicted molar refractivity (Wildman–Crippen MR) is 53.1 cm³/mol. The lowest BCUT2D eigenvalue weighted by Gasteiger charge is -2.18. The Morgan fingerprint density at radius 1 is 1.00 bits per heavy atom. The number of aryl methyl sites for hydroxylation is 1. The first-order chi connectivity index (χ1) is 7.59. The predicted octanol–water partition coefficient (Wildman–Crippen LogP) is 4.58. The molecule has 1 aromatic carbocycles. The Balaban J connectivity index is 3.55. The van der Waals surface area contributed by atoms with E-state index in [1.807, 2.05) is 0 Å². The minimum absolute atomic E-state index is 0.0134. The summed E-state index contributed by atoms with van der Waals surface area (Å²) >= 11 is 3.38. The molecule has 0 aromatic heterocycles. The molecule has 1 aromatic rings. The maximum Gasteiger partial charge on any atom is 0.417 e. The van der Waals surface area contributed by atoms with Gasteiger partial charge in [-0.15, -0.1) is 12.6 Å². The third-order valence-corrected chi connectivity index (χ3v) is 2.70. The van der Waals surface area contributed by atoms with Crippen LogP contribution in [0, 0.1) is 0 Å². The monoisotopic (exact) mass is 274 g/mol. The molecule has 0 unspecified atom stereocenters. The largest absolute Gasteiger partial charge is 0.417 e. The normalized spacial score (nSPS) is 12.9. The highest BCUT2D eigenvalue weighted by molar-refractivity contribution is 7.80. The van der Waals surface area contributed by atoms with Crippen molar-refractivity contribution in [3.63, 3.8) is 0 Å². The van der Waals surface area contributed by atoms with Crippen LogP contribution >= 0.6 is 12.6 Å². The Kier molecular flexibility index (Phi) is 3.71. The summed E-state index contributed by atoms with van der Waals surface area (Å²) in [6, 6.07) is 1.46. The molecule has 0 heterocycles. The van der Waals surface area contributed by atoms with E-state index in [9.17, 15) is 26.3 Å². The van der Waals surface area contributed by atoms with E-state index < -0.39 is 28.4 Å². The first-order valence-corrected chi connectivity index (χ1v) is 5.03. The molecule has 0 atom stereocenters. The van der Waals surface area contributed by atoms with Gasteiger partial charge in [0.2, 0.25) is 0 Å². The average Bonchev–Trinajstić information content (AvgIpc) is 2.12. The number of thiol groups is 1. The third-order valence-electron chi connectivity index (χ3n) is 2.23. The highest BCUT2D eigenvalue weighted by Crippen LogP contribution is 2.42. The van der Waals surface area contributed by atoms with Crippen molar-refractivity contribution in [2.24, 2.45) is 0 Å². The topological polar surface area (TPSA) is 0 Å². The van der Waals surface area contributed by atoms with Gasteiger partial charge in [0.1, 0.15) is 0 Å². The van der Waals surface area contributed by atoms with Crippen LogP contribution in [0.5, 0.6) is 0 Å². The molecule has 17 heavy (non-hydrogen) atoms. The smallest absolute Gasteiger partial charge is 0.166 e. The van der Waals surface area contributed by atoms with Crippen LogP contribution in [0.3, 0.4) is 0 Å². The van der Waals surface area contributed by atoms with Crippen molar-refractivity contribution in [2.75, 3.05) is 0 Å². The first-order valence-electron chi connectivity index (χ1n) is 4.58. The van der Waals surface area contributed by atoms with Gasteiger partial charge in [-0.1, -0.05) is 13.0 Å². The molecule has 0 N–H and O–H groups in total. The molecule has 0 fully saturated rings. The summed E-state index contributed by atoms with van der Waals surface area (Å²) in [4.78, 5) is -1.07. The van der Waals surface area contributed by atoms with Crippen LogP contribution in [0.4, 0.5) is 26.3 Å². The third kappa shape index (κ3) is 2.88. The maximum absolute atomic E-state index is 12.6. The van der Waals surface area contributed by atoms with E-state index >= 15 is 0 Å². The molecule has 0 bridgehead atoms. The van der Waals surface area contributed by atoms with Gasteiger partial charge in [-0.2, -0.15) is 26.3 Å². The number of benzene rings is 1. The molecule has 0 radical (unpaired) electrons. The standard InChI is InChI=1S/C10H8F6S/c1-2-5-3-4-6(9(11,12)13)8(17)7(5)10(14,15)16/h3-4,17H,2H2,1H3. The molecule has 0 saturated carbocycles. The molecule has 0 aliphatic carbocycles. The first kappa shape index (κ1) is 14.2. The summed E-state index contributed by atoms with van der Waals surface area (Å²) in [7, 11) is 0. The van der Waals surface area contributed by atoms with Crippen molar-refractivity contribution < 1.29 is 26.3 Å². The lowest BCUT2D eigenvalue weighted by Crippen LogP contribution is -2.15. The lowest BCUT2D eigenvalue weighted by molar-refractivity contribution is -0.147. The fourth-order valence-electron chi connectivity index (χ4n) is 1.47. The van der Waals surface area contributed by atoms with E-state index in [2.05, 4.69) is 12.6 Å². The van der Waals surface area contributed by atoms with Gasteiger partial charge in [0.15, 0.2) is 0 Å². The molecule has 0 aliphatic heterocycles. The Morgan fingerprint density at radius 3 is 1.88 bits per heavy atom. The van der Waals surface area contributed by atoms with Crippen molar-refractivity contribution in [3.05, 3.63) is 28.8 Å². The Morgan fingerprint density at radius 2 is 1.53 bits per heavy atom. The molecular weight excluding hydrogens is 266 g/mol. The van der Waals surface area contributed by atoms with E-state index in [0.717, 1.165) is 6.07 Å². The van der Waals surface area contributed by atoms with E-state index in [1.54, 1.807) is 0 Å². The molecule has 96 valence electrons. The number of halogens is 6. The molecule has 0 nitrogen and oxygen atoms in total. The Hall–Kier alpha value is -0.850. The second kappa shape index (κ2) is 4.44. The zero-order valence-electron chi connectivity index (χ0n) is 8.58. The molecule has 0 aliphatic rings. The maximum atomic E-state index is 12.6.